The van der Waals surface area contributed by atoms with E-state index in [9.17, 15) is 22.8 Å². The number of hydrogen-bond acceptors (Lipinski definition) is 8. The number of fused-ring (bicyclic) bond motifs is 2. The minimum absolute atomic E-state index is 0.0233. The molecule has 0 atom stereocenters. The van der Waals surface area contributed by atoms with Crippen LogP contribution >= 0.6 is 0 Å². The van der Waals surface area contributed by atoms with Crippen LogP contribution in [0.1, 0.15) is 67.9 Å². The van der Waals surface area contributed by atoms with E-state index in [0.29, 0.717) is 63.2 Å². The summed E-state index contributed by atoms with van der Waals surface area (Å²) < 4.78 is 46.2. The molecule has 0 aromatic heterocycles. The van der Waals surface area contributed by atoms with E-state index in [0.717, 1.165) is 9.87 Å². The highest BCUT2D eigenvalue weighted by atomic mass is 32.2. The summed E-state index contributed by atoms with van der Waals surface area (Å²) in [5.74, 6) is -0.934. The highest BCUT2D eigenvalue weighted by Gasteiger charge is 2.56. The van der Waals surface area contributed by atoms with Crippen molar-refractivity contribution >= 4 is 33.4 Å². The van der Waals surface area contributed by atoms with Gasteiger partial charge in [-0.1, -0.05) is 17.7 Å². The molecule has 5 rings (SSSR count). The van der Waals surface area contributed by atoms with Crippen LogP contribution in [0.15, 0.2) is 41.3 Å². The Morgan fingerprint density at radius 3 is 2.50 bits per heavy atom. The van der Waals surface area contributed by atoms with Gasteiger partial charge in [0, 0.05) is 24.2 Å². The van der Waals surface area contributed by atoms with Crippen molar-refractivity contribution in [3.63, 3.8) is 0 Å². The quantitative estimate of drug-likeness (QED) is 0.472. The van der Waals surface area contributed by atoms with Crippen LogP contribution in [0.25, 0.3) is 0 Å². The number of carbonyl (C=O) groups is 3. The molecule has 3 aliphatic rings. The summed E-state index contributed by atoms with van der Waals surface area (Å²) in [6.07, 6.45) is 1.91. The molecule has 1 spiro atoms. The number of carbonyl (C=O) groups excluding carboxylic acids is 3. The molecule has 2 fully saturated rings. The third-order valence-corrected chi connectivity index (χ3v) is 10.2. The number of rotatable bonds is 8. The van der Waals surface area contributed by atoms with Gasteiger partial charge in [0.25, 0.3) is 21.8 Å². The molecule has 11 nitrogen and oxygen atoms in total. The van der Waals surface area contributed by atoms with Crippen LogP contribution < -0.4 is 14.4 Å². The largest absolute Gasteiger partial charge is 0.495 e. The lowest BCUT2D eigenvalue weighted by molar-refractivity contribution is -0.144. The number of methoxy groups -OCH3 is 1. The molecule has 3 amide bonds. The SMILES string of the molecule is COc1cc(C(=O)NC(C)(C)C)ccc1S(=O)(=O)N1C(=O)C2(CCC(OCCN3CCOCC3=O)CC2)c2cc(C)ccc21. The minimum atomic E-state index is -4.41. The van der Waals surface area contributed by atoms with Gasteiger partial charge >= 0.3 is 0 Å². The molecule has 1 aliphatic carbocycles. The Morgan fingerprint density at radius 1 is 1.11 bits per heavy atom. The lowest BCUT2D eigenvalue weighted by atomic mass is 9.69. The third kappa shape index (κ3) is 6.07. The molecule has 2 aliphatic heterocycles. The van der Waals surface area contributed by atoms with Crippen LogP contribution in [-0.2, 0) is 34.5 Å². The maximum Gasteiger partial charge on any atom is 0.274 e. The second kappa shape index (κ2) is 12.1. The van der Waals surface area contributed by atoms with E-state index in [4.69, 9.17) is 14.2 Å². The number of sulfonamides is 1. The van der Waals surface area contributed by atoms with Crippen molar-refractivity contribution in [2.75, 3.05) is 44.3 Å². The number of anilines is 1. The topological polar surface area (TPSA) is 132 Å². The van der Waals surface area contributed by atoms with Crippen molar-refractivity contribution in [3.05, 3.63) is 53.1 Å². The average Bonchev–Trinajstić information content (AvgIpc) is 3.21. The van der Waals surface area contributed by atoms with E-state index in [1.165, 1.54) is 25.3 Å². The average molecular weight is 628 g/mol. The number of ether oxygens (including phenoxy) is 3. The smallest absolute Gasteiger partial charge is 0.274 e. The Balaban J connectivity index is 1.38. The molecule has 238 valence electrons. The van der Waals surface area contributed by atoms with Gasteiger partial charge < -0.3 is 24.4 Å². The lowest BCUT2D eigenvalue weighted by Gasteiger charge is -2.36. The number of morpholine rings is 1. The molecule has 2 heterocycles. The van der Waals surface area contributed by atoms with Gasteiger partial charge in [-0.05, 0) is 83.2 Å². The summed E-state index contributed by atoms with van der Waals surface area (Å²) in [6.45, 7) is 9.48. The summed E-state index contributed by atoms with van der Waals surface area (Å²) in [6, 6.07) is 9.52. The highest BCUT2D eigenvalue weighted by molar-refractivity contribution is 7.93. The first-order valence-electron chi connectivity index (χ1n) is 15.0. The molecule has 1 saturated carbocycles. The molecule has 0 unspecified atom stereocenters. The minimum Gasteiger partial charge on any atom is -0.495 e. The Bertz CT molecular complexity index is 1560. The lowest BCUT2D eigenvalue weighted by Crippen LogP contribution is -2.46. The Labute approximate surface area is 258 Å². The molecule has 44 heavy (non-hydrogen) atoms. The zero-order valence-corrected chi connectivity index (χ0v) is 26.8. The zero-order valence-electron chi connectivity index (χ0n) is 26.0. The zero-order chi connectivity index (χ0) is 31.9. The molecular weight excluding hydrogens is 586 g/mol. The Hall–Kier alpha value is -3.48. The second-order valence-corrected chi connectivity index (χ2v) is 14.5. The number of hydrogen-bond donors (Lipinski definition) is 1. The monoisotopic (exact) mass is 627 g/mol. The molecule has 12 heteroatoms. The fourth-order valence-corrected chi connectivity index (χ4v) is 7.90. The second-order valence-electron chi connectivity index (χ2n) is 12.8. The van der Waals surface area contributed by atoms with E-state index >= 15 is 0 Å². The highest BCUT2D eigenvalue weighted by Crippen LogP contribution is 2.52. The summed E-state index contributed by atoms with van der Waals surface area (Å²) >= 11 is 0. The van der Waals surface area contributed by atoms with Crippen LogP contribution in [0.4, 0.5) is 5.69 Å². The molecule has 1 saturated heterocycles. The molecule has 2 aromatic carbocycles. The predicted molar refractivity (Wildman–Crippen MR) is 163 cm³/mol. The Morgan fingerprint density at radius 2 is 1.84 bits per heavy atom. The van der Waals surface area contributed by atoms with Gasteiger partial charge in [0.05, 0.1) is 37.5 Å². The van der Waals surface area contributed by atoms with Gasteiger partial charge in [-0.15, -0.1) is 0 Å². The maximum atomic E-state index is 14.3. The van der Waals surface area contributed by atoms with Crippen LogP contribution in [0.5, 0.6) is 5.75 Å². The van der Waals surface area contributed by atoms with E-state index in [1.807, 2.05) is 33.8 Å². The van der Waals surface area contributed by atoms with Crippen LogP contribution in [0, 0.1) is 6.92 Å². The van der Waals surface area contributed by atoms with Gasteiger partial charge in [0.15, 0.2) is 0 Å². The van der Waals surface area contributed by atoms with Crippen molar-refractivity contribution in [2.45, 2.75) is 75.3 Å². The molecule has 2 aromatic rings. The summed E-state index contributed by atoms with van der Waals surface area (Å²) in [5, 5.41) is 2.86. The van der Waals surface area contributed by atoms with E-state index in [1.54, 1.807) is 17.0 Å². The first-order valence-corrected chi connectivity index (χ1v) is 16.4. The number of amides is 3. The van der Waals surface area contributed by atoms with Gasteiger partial charge in [-0.2, -0.15) is 0 Å². The third-order valence-electron chi connectivity index (χ3n) is 8.50. The van der Waals surface area contributed by atoms with E-state index < -0.39 is 26.9 Å². The number of benzene rings is 2. The fourth-order valence-electron chi connectivity index (χ4n) is 6.25. The summed E-state index contributed by atoms with van der Waals surface area (Å²) in [4.78, 5) is 40.6. The van der Waals surface area contributed by atoms with Gasteiger partial charge in [0.2, 0.25) is 5.91 Å². The van der Waals surface area contributed by atoms with Crippen LogP contribution in [0.2, 0.25) is 0 Å². The molecular formula is C32H41N3O8S. The van der Waals surface area contributed by atoms with E-state index in [-0.39, 0.29) is 40.7 Å². The summed E-state index contributed by atoms with van der Waals surface area (Å²) in [5.41, 5.74) is 0.710. The molecule has 0 bridgehead atoms. The van der Waals surface area contributed by atoms with Gasteiger partial charge in [0.1, 0.15) is 17.3 Å². The standard InChI is InChI=1S/C32H41N3O8S/c1-21-6-8-25-24(18-21)32(12-10-23(11-13-32)43-17-15-34-14-16-42-20-28(34)36)30(38)35(25)44(39,40)27-9-7-22(19-26(27)41-5)29(37)33-31(2,3)4/h6-9,18-19,23H,10-17,20H2,1-5H3,(H,33,37). The fraction of sp³-hybridized carbons (Fsp3) is 0.531. The van der Waals surface area contributed by atoms with Gasteiger partial charge in [-0.25, -0.2) is 12.7 Å². The number of nitrogens with zero attached hydrogens (tertiary/aromatic N) is 2. The number of nitrogens with one attached hydrogen (secondary N) is 1. The van der Waals surface area contributed by atoms with Crippen molar-refractivity contribution in [3.8, 4) is 5.75 Å². The summed E-state index contributed by atoms with van der Waals surface area (Å²) in [7, 11) is -3.07. The van der Waals surface area contributed by atoms with E-state index in [2.05, 4.69) is 5.32 Å². The van der Waals surface area contributed by atoms with Crippen LogP contribution in [0.3, 0.4) is 0 Å². The van der Waals surface area contributed by atoms with Crippen LogP contribution in [-0.4, -0.2) is 82.7 Å². The first kappa shape index (κ1) is 31.9. The van der Waals surface area contributed by atoms with Crippen molar-refractivity contribution in [2.24, 2.45) is 0 Å². The van der Waals surface area contributed by atoms with Gasteiger partial charge in [-0.3, -0.25) is 14.4 Å². The Kier molecular flexibility index (Phi) is 8.80. The predicted octanol–water partition coefficient (Wildman–Crippen LogP) is 3.32. The van der Waals surface area contributed by atoms with Crippen molar-refractivity contribution < 1.29 is 37.0 Å². The van der Waals surface area contributed by atoms with Crippen molar-refractivity contribution in [1.29, 1.82) is 0 Å². The first-order chi connectivity index (χ1) is 20.8. The number of aryl methyl sites for hydroxylation is 1. The molecule has 1 N–H and O–H groups in total. The normalized spacial score (nSPS) is 22.3. The maximum absolute atomic E-state index is 14.3. The molecule has 0 radical (unpaired) electrons. The van der Waals surface area contributed by atoms with Crippen molar-refractivity contribution in [1.82, 2.24) is 10.2 Å².